The Morgan fingerprint density at radius 2 is 2.09 bits per heavy atom. The quantitative estimate of drug-likeness (QED) is 0.685. The second-order valence-electron chi connectivity index (χ2n) is 7.03. The maximum Gasteiger partial charge on any atom is 0.312 e. The van der Waals surface area contributed by atoms with E-state index < -0.39 is 0 Å². The van der Waals surface area contributed by atoms with E-state index in [0.29, 0.717) is 24.0 Å². The van der Waals surface area contributed by atoms with Crippen molar-refractivity contribution in [3.63, 3.8) is 0 Å². The Balaban J connectivity index is 1.63. The Kier molecular flexibility index (Phi) is 4.28. The van der Waals surface area contributed by atoms with Crippen LogP contribution in [0.1, 0.15) is 51.5 Å². The predicted molar refractivity (Wildman–Crippen MR) is 85.6 cm³/mol. The van der Waals surface area contributed by atoms with Crippen LogP contribution in [0.4, 0.5) is 0 Å². The summed E-state index contributed by atoms with van der Waals surface area (Å²) in [5.41, 5.74) is 0.640. The average Bonchev–Trinajstić information content (AvgIpc) is 2.97. The normalized spacial score (nSPS) is 19.8. The minimum absolute atomic E-state index is 0.00943. The highest BCUT2D eigenvalue weighted by Crippen LogP contribution is 2.40. The first kappa shape index (κ1) is 15.8. The molecular weight excluding hydrogens is 294 g/mol. The molecule has 1 aliphatic heterocycles. The molecule has 0 atom stereocenters. The maximum atomic E-state index is 11.9. The zero-order chi connectivity index (χ0) is 16.4. The summed E-state index contributed by atoms with van der Waals surface area (Å²) >= 11 is 0. The Morgan fingerprint density at radius 1 is 1.35 bits per heavy atom. The van der Waals surface area contributed by atoms with Gasteiger partial charge in [-0.2, -0.15) is 0 Å². The van der Waals surface area contributed by atoms with Crippen LogP contribution in [-0.4, -0.2) is 24.5 Å². The lowest BCUT2D eigenvalue weighted by Crippen LogP contribution is -2.36. The van der Waals surface area contributed by atoms with Crippen molar-refractivity contribution in [3.05, 3.63) is 23.8 Å². The minimum atomic E-state index is -0.295. The van der Waals surface area contributed by atoms with Crippen molar-refractivity contribution in [1.29, 1.82) is 0 Å². The number of carbonyl (C=O) groups is 2. The SMILES string of the molecule is CC1(C)CC(=O)Oc2ccc(OCC(=O)NC3CCCC3)cc21. The first-order chi connectivity index (χ1) is 10.9. The molecule has 0 bridgehead atoms. The number of rotatable bonds is 4. The molecule has 1 aromatic carbocycles. The van der Waals surface area contributed by atoms with Crippen molar-refractivity contribution in [2.24, 2.45) is 0 Å². The van der Waals surface area contributed by atoms with Crippen LogP contribution >= 0.6 is 0 Å². The van der Waals surface area contributed by atoms with E-state index in [2.05, 4.69) is 5.32 Å². The van der Waals surface area contributed by atoms with Gasteiger partial charge in [-0.15, -0.1) is 0 Å². The third-order valence-corrected chi connectivity index (χ3v) is 4.58. The molecule has 0 aromatic heterocycles. The number of esters is 1. The summed E-state index contributed by atoms with van der Waals surface area (Å²) in [5.74, 6) is 0.901. The molecule has 0 spiro atoms. The van der Waals surface area contributed by atoms with Gasteiger partial charge in [-0.1, -0.05) is 26.7 Å². The van der Waals surface area contributed by atoms with E-state index in [1.54, 1.807) is 12.1 Å². The molecule has 1 aliphatic carbocycles. The lowest BCUT2D eigenvalue weighted by atomic mass is 9.79. The topological polar surface area (TPSA) is 64.6 Å². The highest BCUT2D eigenvalue weighted by Gasteiger charge is 2.34. The number of amides is 1. The first-order valence-corrected chi connectivity index (χ1v) is 8.21. The third kappa shape index (κ3) is 3.66. The fourth-order valence-corrected chi connectivity index (χ4v) is 3.32. The van der Waals surface area contributed by atoms with Gasteiger partial charge < -0.3 is 14.8 Å². The molecule has 0 saturated heterocycles. The van der Waals surface area contributed by atoms with E-state index >= 15 is 0 Å². The zero-order valence-electron chi connectivity index (χ0n) is 13.7. The molecule has 1 saturated carbocycles. The summed E-state index contributed by atoms with van der Waals surface area (Å²) in [6.45, 7) is 4.02. The predicted octanol–water partition coefficient (Wildman–Crippen LogP) is 2.71. The molecule has 1 amide bonds. The molecule has 0 radical (unpaired) electrons. The number of hydrogen-bond donors (Lipinski definition) is 1. The molecular formula is C18H23NO4. The van der Waals surface area contributed by atoms with Gasteiger partial charge in [0.15, 0.2) is 6.61 Å². The van der Waals surface area contributed by atoms with Crippen LogP contribution < -0.4 is 14.8 Å². The Bertz CT molecular complexity index is 617. The molecule has 23 heavy (non-hydrogen) atoms. The zero-order valence-corrected chi connectivity index (χ0v) is 13.7. The number of hydrogen-bond acceptors (Lipinski definition) is 4. The smallest absolute Gasteiger partial charge is 0.312 e. The number of carbonyl (C=O) groups excluding carboxylic acids is 2. The molecule has 5 nitrogen and oxygen atoms in total. The third-order valence-electron chi connectivity index (χ3n) is 4.58. The van der Waals surface area contributed by atoms with Crippen LogP contribution in [0.2, 0.25) is 0 Å². The summed E-state index contributed by atoms with van der Waals surface area (Å²) in [7, 11) is 0. The summed E-state index contributed by atoms with van der Waals surface area (Å²) in [4.78, 5) is 23.5. The second kappa shape index (κ2) is 6.22. The van der Waals surface area contributed by atoms with Gasteiger partial charge in [0.1, 0.15) is 11.5 Å². The van der Waals surface area contributed by atoms with E-state index in [0.717, 1.165) is 18.4 Å². The van der Waals surface area contributed by atoms with Crippen molar-refractivity contribution in [1.82, 2.24) is 5.32 Å². The maximum absolute atomic E-state index is 11.9. The van der Waals surface area contributed by atoms with Crippen LogP contribution in [0.3, 0.4) is 0 Å². The molecule has 1 fully saturated rings. The summed E-state index contributed by atoms with van der Waals surface area (Å²) in [6.07, 6.45) is 4.83. The lowest BCUT2D eigenvalue weighted by molar-refractivity contribution is -0.137. The van der Waals surface area contributed by atoms with Gasteiger partial charge in [-0.25, -0.2) is 0 Å². The summed E-state index contributed by atoms with van der Waals surface area (Å²) in [6, 6.07) is 5.63. The Morgan fingerprint density at radius 3 is 2.83 bits per heavy atom. The van der Waals surface area contributed by atoms with E-state index in [1.807, 2.05) is 19.9 Å². The number of ether oxygens (including phenoxy) is 2. The molecule has 1 heterocycles. The summed E-state index contributed by atoms with van der Waals surface area (Å²) in [5, 5.41) is 3.00. The van der Waals surface area contributed by atoms with Crippen molar-refractivity contribution >= 4 is 11.9 Å². The second-order valence-corrected chi connectivity index (χ2v) is 7.03. The van der Waals surface area contributed by atoms with Crippen molar-refractivity contribution < 1.29 is 19.1 Å². The van der Waals surface area contributed by atoms with Gasteiger partial charge >= 0.3 is 5.97 Å². The van der Waals surface area contributed by atoms with Crippen LogP contribution in [0, 0.1) is 0 Å². The van der Waals surface area contributed by atoms with Crippen molar-refractivity contribution in [2.75, 3.05) is 6.61 Å². The molecule has 1 N–H and O–H groups in total. The number of nitrogens with one attached hydrogen (secondary N) is 1. The molecule has 2 aliphatic rings. The van der Waals surface area contributed by atoms with E-state index in [4.69, 9.17) is 9.47 Å². The van der Waals surface area contributed by atoms with Crippen LogP contribution in [-0.2, 0) is 15.0 Å². The molecule has 124 valence electrons. The standard InChI is InChI=1S/C18H23NO4/c1-18(2)10-17(21)23-15-8-7-13(9-14(15)18)22-11-16(20)19-12-5-3-4-6-12/h7-9,12H,3-6,10-11H2,1-2H3,(H,19,20). The van der Waals surface area contributed by atoms with Gasteiger partial charge in [-0.05, 0) is 31.0 Å². The minimum Gasteiger partial charge on any atom is -0.484 e. The van der Waals surface area contributed by atoms with Crippen molar-refractivity contribution in [3.8, 4) is 11.5 Å². The fraction of sp³-hybridized carbons (Fsp3) is 0.556. The van der Waals surface area contributed by atoms with Crippen LogP contribution in [0.25, 0.3) is 0 Å². The Labute approximate surface area is 136 Å². The monoisotopic (exact) mass is 317 g/mol. The highest BCUT2D eigenvalue weighted by molar-refractivity contribution is 5.78. The lowest BCUT2D eigenvalue weighted by Gasteiger charge is -2.31. The van der Waals surface area contributed by atoms with Crippen LogP contribution in [0.5, 0.6) is 11.5 Å². The molecule has 0 unspecified atom stereocenters. The molecule has 3 rings (SSSR count). The number of fused-ring (bicyclic) bond motifs is 1. The van der Waals surface area contributed by atoms with Crippen molar-refractivity contribution in [2.45, 2.75) is 57.4 Å². The van der Waals surface area contributed by atoms with E-state index in [1.165, 1.54) is 12.8 Å². The van der Waals surface area contributed by atoms with Crippen LogP contribution in [0.15, 0.2) is 18.2 Å². The fourth-order valence-electron chi connectivity index (χ4n) is 3.32. The molecule has 1 aromatic rings. The van der Waals surface area contributed by atoms with Gasteiger partial charge in [0.2, 0.25) is 0 Å². The first-order valence-electron chi connectivity index (χ1n) is 8.21. The van der Waals surface area contributed by atoms with E-state index in [-0.39, 0.29) is 23.9 Å². The highest BCUT2D eigenvalue weighted by atomic mass is 16.5. The number of benzene rings is 1. The van der Waals surface area contributed by atoms with Gasteiger partial charge in [0, 0.05) is 17.0 Å². The average molecular weight is 317 g/mol. The molecule has 5 heteroatoms. The largest absolute Gasteiger partial charge is 0.484 e. The van der Waals surface area contributed by atoms with E-state index in [9.17, 15) is 9.59 Å². The Hall–Kier alpha value is -2.04. The van der Waals surface area contributed by atoms with Gasteiger partial charge in [0.05, 0.1) is 6.42 Å². The van der Waals surface area contributed by atoms with Gasteiger partial charge in [-0.3, -0.25) is 9.59 Å². The van der Waals surface area contributed by atoms with Gasteiger partial charge in [0.25, 0.3) is 5.91 Å². The summed E-state index contributed by atoms with van der Waals surface area (Å²) < 4.78 is 10.9.